The molecule has 1 heterocycles. The monoisotopic (exact) mass is 282 g/mol. The lowest BCUT2D eigenvalue weighted by molar-refractivity contribution is -0.142. The van der Waals surface area contributed by atoms with Gasteiger partial charge in [0, 0.05) is 12.8 Å². The lowest BCUT2D eigenvalue weighted by Gasteiger charge is -2.04. The quantitative estimate of drug-likeness (QED) is 0.475. The van der Waals surface area contributed by atoms with Crippen molar-refractivity contribution in [3.8, 4) is 0 Å². The van der Waals surface area contributed by atoms with Gasteiger partial charge in [-0.2, -0.15) is 0 Å². The SMILES string of the molecule is CCCCCCCCC(=O)OC1=C(CC)OC(C)C1=O. The lowest BCUT2D eigenvalue weighted by atomic mass is 10.1. The van der Waals surface area contributed by atoms with E-state index < -0.39 is 6.10 Å². The van der Waals surface area contributed by atoms with E-state index in [1.165, 1.54) is 19.3 Å². The molecular formula is C16H26O4. The van der Waals surface area contributed by atoms with Gasteiger partial charge >= 0.3 is 5.97 Å². The van der Waals surface area contributed by atoms with Crippen LogP contribution < -0.4 is 0 Å². The summed E-state index contributed by atoms with van der Waals surface area (Å²) in [5.41, 5.74) is 0. The van der Waals surface area contributed by atoms with Gasteiger partial charge in [0.2, 0.25) is 11.5 Å². The summed E-state index contributed by atoms with van der Waals surface area (Å²) in [7, 11) is 0. The van der Waals surface area contributed by atoms with Gasteiger partial charge in [0.05, 0.1) is 0 Å². The van der Waals surface area contributed by atoms with Crippen LogP contribution >= 0.6 is 0 Å². The third-order valence-electron chi connectivity index (χ3n) is 3.44. The van der Waals surface area contributed by atoms with Crippen LogP contribution in [0.3, 0.4) is 0 Å². The molecule has 0 fully saturated rings. The van der Waals surface area contributed by atoms with Crippen LogP contribution in [-0.4, -0.2) is 17.9 Å². The van der Waals surface area contributed by atoms with Crippen LogP contribution in [0.15, 0.2) is 11.5 Å². The smallest absolute Gasteiger partial charge is 0.311 e. The van der Waals surface area contributed by atoms with Crippen LogP contribution in [-0.2, 0) is 19.1 Å². The van der Waals surface area contributed by atoms with Crippen molar-refractivity contribution in [2.45, 2.75) is 78.2 Å². The number of unbranched alkanes of at least 4 members (excludes halogenated alkanes) is 5. The summed E-state index contributed by atoms with van der Waals surface area (Å²) in [6.07, 6.45) is 7.12. The molecule has 0 N–H and O–H groups in total. The molecule has 1 atom stereocenters. The number of rotatable bonds is 9. The predicted molar refractivity (Wildman–Crippen MR) is 77.0 cm³/mol. The Bertz CT molecular complexity index is 371. The Morgan fingerprint density at radius 3 is 2.45 bits per heavy atom. The fraction of sp³-hybridized carbons (Fsp3) is 0.750. The zero-order chi connectivity index (χ0) is 15.0. The van der Waals surface area contributed by atoms with E-state index in [1.807, 2.05) is 6.92 Å². The Labute approximate surface area is 121 Å². The minimum absolute atomic E-state index is 0.121. The second-order valence-corrected chi connectivity index (χ2v) is 5.22. The molecule has 0 amide bonds. The van der Waals surface area contributed by atoms with Crippen LogP contribution in [0.25, 0.3) is 0 Å². The van der Waals surface area contributed by atoms with Crippen molar-refractivity contribution in [3.05, 3.63) is 11.5 Å². The summed E-state index contributed by atoms with van der Waals surface area (Å²) in [6, 6.07) is 0. The number of hydrogen-bond acceptors (Lipinski definition) is 4. The largest absolute Gasteiger partial charge is 0.483 e. The van der Waals surface area contributed by atoms with E-state index in [-0.39, 0.29) is 17.5 Å². The molecule has 0 aromatic heterocycles. The average Bonchev–Trinajstić information content (AvgIpc) is 2.70. The maximum Gasteiger partial charge on any atom is 0.311 e. The number of hydrogen-bond donors (Lipinski definition) is 0. The second kappa shape index (κ2) is 8.77. The Balaban J connectivity index is 2.29. The Hall–Kier alpha value is -1.32. The van der Waals surface area contributed by atoms with Gasteiger partial charge in [-0.1, -0.05) is 46.0 Å². The predicted octanol–water partition coefficient (Wildman–Crippen LogP) is 3.89. The van der Waals surface area contributed by atoms with Crippen LogP contribution in [0, 0.1) is 0 Å². The number of ketones is 1. The highest BCUT2D eigenvalue weighted by molar-refractivity contribution is 6.00. The second-order valence-electron chi connectivity index (χ2n) is 5.22. The molecule has 114 valence electrons. The molecule has 4 nitrogen and oxygen atoms in total. The van der Waals surface area contributed by atoms with E-state index in [1.54, 1.807) is 6.92 Å². The first-order chi connectivity index (χ1) is 9.60. The Kier molecular flexibility index (Phi) is 7.34. The fourth-order valence-electron chi connectivity index (χ4n) is 2.21. The van der Waals surface area contributed by atoms with Crippen molar-refractivity contribution >= 4 is 11.8 Å². The van der Waals surface area contributed by atoms with Crippen molar-refractivity contribution in [1.82, 2.24) is 0 Å². The standard InChI is InChI=1S/C16H26O4/c1-4-6-7-8-9-10-11-14(17)20-16-13(5-2)19-12(3)15(16)18/h12H,4-11H2,1-3H3. The molecular weight excluding hydrogens is 256 g/mol. The van der Waals surface area contributed by atoms with Gasteiger partial charge < -0.3 is 9.47 Å². The molecule has 4 heteroatoms. The molecule has 1 aliphatic rings. The number of carbonyl (C=O) groups excluding carboxylic acids is 2. The molecule has 1 unspecified atom stereocenters. The summed E-state index contributed by atoms with van der Waals surface area (Å²) in [4.78, 5) is 23.5. The molecule has 0 radical (unpaired) electrons. The van der Waals surface area contributed by atoms with E-state index in [0.29, 0.717) is 18.6 Å². The van der Waals surface area contributed by atoms with E-state index in [4.69, 9.17) is 9.47 Å². The lowest BCUT2D eigenvalue weighted by Crippen LogP contribution is -2.16. The van der Waals surface area contributed by atoms with Crippen molar-refractivity contribution in [2.24, 2.45) is 0 Å². The van der Waals surface area contributed by atoms with Crippen molar-refractivity contribution < 1.29 is 19.1 Å². The van der Waals surface area contributed by atoms with Crippen molar-refractivity contribution in [1.29, 1.82) is 0 Å². The van der Waals surface area contributed by atoms with Gasteiger partial charge in [0.1, 0.15) is 5.76 Å². The van der Waals surface area contributed by atoms with Gasteiger partial charge in [-0.3, -0.25) is 9.59 Å². The number of ether oxygens (including phenoxy) is 2. The first kappa shape index (κ1) is 16.7. The normalized spacial score (nSPS) is 18.4. The topological polar surface area (TPSA) is 52.6 Å². The zero-order valence-electron chi connectivity index (χ0n) is 12.9. The average molecular weight is 282 g/mol. The summed E-state index contributed by atoms with van der Waals surface area (Å²) < 4.78 is 10.6. The number of allylic oxidation sites excluding steroid dienone is 1. The minimum atomic E-state index is -0.526. The van der Waals surface area contributed by atoms with E-state index >= 15 is 0 Å². The molecule has 0 aromatic rings. The fourth-order valence-corrected chi connectivity index (χ4v) is 2.21. The van der Waals surface area contributed by atoms with Gasteiger partial charge in [-0.15, -0.1) is 0 Å². The van der Waals surface area contributed by atoms with Crippen LogP contribution in [0.1, 0.15) is 72.1 Å². The van der Waals surface area contributed by atoms with E-state index in [0.717, 1.165) is 19.3 Å². The highest BCUT2D eigenvalue weighted by Crippen LogP contribution is 2.25. The zero-order valence-corrected chi connectivity index (χ0v) is 12.9. The molecule has 0 aliphatic carbocycles. The number of Topliss-reactive ketones (excluding diaryl/α,β-unsaturated/α-hetero) is 1. The Morgan fingerprint density at radius 1 is 1.15 bits per heavy atom. The number of esters is 1. The third-order valence-corrected chi connectivity index (χ3v) is 3.44. The molecule has 1 rings (SSSR count). The summed E-state index contributed by atoms with van der Waals surface area (Å²) >= 11 is 0. The molecule has 0 saturated heterocycles. The molecule has 0 bridgehead atoms. The number of carbonyl (C=O) groups is 2. The molecule has 1 aliphatic heterocycles. The summed E-state index contributed by atoms with van der Waals surface area (Å²) in [5.74, 6) is 0.0698. The van der Waals surface area contributed by atoms with Gasteiger partial charge in [-0.25, -0.2) is 0 Å². The molecule has 0 aromatic carbocycles. The maximum absolute atomic E-state index is 11.8. The highest BCUT2D eigenvalue weighted by Gasteiger charge is 2.33. The first-order valence-corrected chi connectivity index (χ1v) is 7.74. The van der Waals surface area contributed by atoms with Crippen LogP contribution in [0.2, 0.25) is 0 Å². The maximum atomic E-state index is 11.8. The third kappa shape index (κ3) is 4.99. The van der Waals surface area contributed by atoms with Gasteiger partial charge in [-0.05, 0) is 13.3 Å². The van der Waals surface area contributed by atoms with Crippen molar-refractivity contribution in [2.75, 3.05) is 0 Å². The van der Waals surface area contributed by atoms with Gasteiger partial charge in [0.15, 0.2) is 6.10 Å². The summed E-state index contributed by atoms with van der Waals surface area (Å²) in [5, 5.41) is 0. The summed E-state index contributed by atoms with van der Waals surface area (Å²) in [6.45, 7) is 5.73. The molecule has 20 heavy (non-hydrogen) atoms. The minimum Gasteiger partial charge on any atom is -0.483 e. The van der Waals surface area contributed by atoms with E-state index in [2.05, 4.69) is 6.92 Å². The first-order valence-electron chi connectivity index (χ1n) is 7.74. The van der Waals surface area contributed by atoms with Crippen LogP contribution in [0.4, 0.5) is 0 Å². The van der Waals surface area contributed by atoms with E-state index in [9.17, 15) is 9.59 Å². The molecule has 0 spiro atoms. The van der Waals surface area contributed by atoms with Gasteiger partial charge in [0.25, 0.3) is 0 Å². The highest BCUT2D eigenvalue weighted by atomic mass is 16.6. The van der Waals surface area contributed by atoms with Crippen molar-refractivity contribution in [3.63, 3.8) is 0 Å². The van der Waals surface area contributed by atoms with Crippen LogP contribution in [0.5, 0.6) is 0 Å². The molecule has 0 saturated carbocycles. The Morgan fingerprint density at radius 2 is 1.80 bits per heavy atom.